The third kappa shape index (κ3) is 3.51. The minimum atomic E-state index is -3.52. The molecule has 3 N–H and O–H groups in total. The Morgan fingerprint density at radius 1 is 1.50 bits per heavy atom. The molecule has 0 amide bonds. The molecular formula is C12H18N2O2S2. The van der Waals surface area contributed by atoms with Crippen LogP contribution >= 0.6 is 12.2 Å². The predicted octanol–water partition coefficient (Wildman–Crippen LogP) is 1.71. The first-order valence-corrected chi connectivity index (χ1v) is 7.60. The first-order valence-electron chi connectivity index (χ1n) is 5.70. The van der Waals surface area contributed by atoms with E-state index in [0.717, 1.165) is 6.42 Å². The highest BCUT2D eigenvalue weighted by Crippen LogP contribution is 2.17. The molecule has 0 bridgehead atoms. The van der Waals surface area contributed by atoms with Gasteiger partial charge in [-0.2, -0.15) is 0 Å². The van der Waals surface area contributed by atoms with Gasteiger partial charge in [-0.25, -0.2) is 13.1 Å². The molecular weight excluding hydrogens is 268 g/mol. The molecule has 1 atom stereocenters. The molecule has 1 aromatic rings. The van der Waals surface area contributed by atoms with Gasteiger partial charge in [0.25, 0.3) is 0 Å². The number of nitrogens with one attached hydrogen (secondary N) is 1. The SMILES string of the molecule is CCC(C)NS(=O)(=O)c1cc(C(N)=S)ccc1C. The second kappa shape index (κ2) is 5.77. The first-order chi connectivity index (χ1) is 8.27. The minimum Gasteiger partial charge on any atom is -0.389 e. The van der Waals surface area contributed by atoms with Crippen LogP contribution in [0.3, 0.4) is 0 Å². The van der Waals surface area contributed by atoms with E-state index in [9.17, 15) is 8.42 Å². The van der Waals surface area contributed by atoms with Crippen molar-refractivity contribution >= 4 is 27.2 Å². The van der Waals surface area contributed by atoms with Gasteiger partial charge in [0, 0.05) is 11.6 Å². The zero-order valence-corrected chi connectivity index (χ0v) is 12.4. The van der Waals surface area contributed by atoms with Gasteiger partial charge in [-0.15, -0.1) is 0 Å². The van der Waals surface area contributed by atoms with Crippen LogP contribution in [0.25, 0.3) is 0 Å². The molecule has 0 spiro atoms. The zero-order chi connectivity index (χ0) is 13.9. The third-order valence-electron chi connectivity index (χ3n) is 2.73. The number of rotatable bonds is 5. The number of nitrogens with two attached hydrogens (primary N) is 1. The standard InChI is InChI=1S/C12H18N2O2S2/c1-4-9(3)14-18(15,16)11-7-10(12(13)17)6-5-8(11)2/h5-7,9,14H,4H2,1-3H3,(H2,13,17). The lowest BCUT2D eigenvalue weighted by Crippen LogP contribution is -2.32. The van der Waals surface area contributed by atoms with E-state index in [4.69, 9.17) is 18.0 Å². The van der Waals surface area contributed by atoms with Crippen molar-refractivity contribution in [2.45, 2.75) is 38.1 Å². The van der Waals surface area contributed by atoms with Gasteiger partial charge in [-0.3, -0.25) is 0 Å². The lowest BCUT2D eigenvalue weighted by atomic mass is 10.1. The second-order valence-corrected chi connectivity index (χ2v) is 6.40. The molecule has 0 aliphatic carbocycles. The van der Waals surface area contributed by atoms with Gasteiger partial charge in [0.15, 0.2) is 0 Å². The Balaban J connectivity index is 3.23. The van der Waals surface area contributed by atoms with Gasteiger partial charge in [0.1, 0.15) is 4.99 Å². The maximum Gasteiger partial charge on any atom is 0.241 e. The summed E-state index contributed by atoms with van der Waals surface area (Å²) in [4.78, 5) is 0.420. The Labute approximate surface area is 114 Å². The van der Waals surface area contributed by atoms with Gasteiger partial charge in [-0.05, 0) is 31.9 Å². The van der Waals surface area contributed by atoms with E-state index in [2.05, 4.69) is 4.72 Å². The summed E-state index contributed by atoms with van der Waals surface area (Å²) in [5, 5.41) is 0. The molecule has 0 aromatic heterocycles. The fourth-order valence-corrected chi connectivity index (χ4v) is 3.18. The highest BCUT2D eigenvalue weighted by molar-refractivity contribution is 7.89. The van der Waals surface area contributed by atoms with Crippen molar-refractivity contribution in [2.75, 3.05) is 0 Å². The van der Waals surface area contributed by atoms with Gasteiger partial charge in [0.05, 0.1) is 4.90 Å². The van der Waals surface area contributed by atoms with Crippen LogP contribution in [0, 0.1) is 6.92 Å². The molecule has 1 unspecified atom stereocenters. The highest BCUT2D eigenvalue weighted by atomic mass is 32.2. The van der Waals surface area contributed by atoms with E-state index in [1.54, 1.807) is 19.1 Å². The Hall–Kier alpha value is -0.980. The Morgan fingerprint density at radius 3 is 2.61 bits per heavy atom. The predicted molar refractivity (Wildman–Crippen MR) is 77.1 cm³/mol. The zero-order valence-electron chi connectivity index (χ0n) is 10.7. The second-order valence-electron chi connectivity index (χ2n) is 4.28. The average Bonchev–Trinajstić information content (AvgIpc) is 2.28. The molecule has 0 aliphatic heterocycles. The lowest BCUT2D eigenvalue weighted by Gasteiger charge is -2.14. The lowest BCUT2D eigenvalue weighted by molar-refractivity contribution is 0.555. The molecule has 6 heteroatoms. The Bertz CT molecular complexity index is 553. The van der Waals surface area contributed by atoms with Crippen molar-refractivity contribution in [3.63, 3.8) is 0 Å². The largest absolute Gasteiger partial charge is 0.389 e. The maximum absolute atomic E-state index is 12.2. The molecule has 0 heterocycles. The van der Waals surface area contributed by atoms with Crippen molar-refractivity contribution in [1.82, 2.24) is 4.72 Å². The van der Waals surface area contributed by atoms with Gasteiger partial charge in [-0.1, -0.05) is 31.3 Å². The van der Waals surface area contributed by atoms with Crippen LogP contribution in [0.4, 0.5) is 0 Å². The van der Waals surface area contributed by atoms with Crippen LogP contribution in [-0.4, -0.2) is 19.4 Å². The molecule has 0 saturated heterocycles. The van der Waals surface area contributed by atoms with Crippen LogP contribution in [-0.2, 0) is 10.0 Å². The normalized spacial score (nSPS) is 13.3. The summed E-state index contributed by atoms with van der Waals surface area (Å²) in [6, 6.07) is 4.84. The monoisotopic (exact) mass is 286 g/mol. The van der Waals surface area contributed by atoms with E-state index < -0.39 is 10.0 Å². The van der Waals surface area contributed by atoms with Crippen LogP contribution < -0.4 is 10.5 Å². The fraction of sp³-hybridized carbons (Fsp3) is 0.417. The summed E-state index contributed by atoms with van der Waals surface area (Å²) in [5.74, 6) is 0. The summed E-state index contributed by atoms with van der Waals surface area (Å²) in [6.45, 7) is 5.49. The van der Waals surface area contributed by atoms with Crippen molar-refractivity contribution in [1.29, 1.82) is 0 Å². The van der Waals surface area contributed by atoms with E-state index in [1.165, 1.54) is 6.07 Å². The summed E-state index contributed by atoms with van der Waals surface area (Å²) in [7, 11) is -3.52. The first kappa shape index (κ1) is 15.1. The van der Waals surface area contributed by atoms with Crippen molar-refractivity contribution in [3.05, 3.63) is 29.3 Å². The molecule has 1 aromatic carbocycles. The smallest absolute Gasteiger partial charge is 0.241 e. The number of thiocarbonyl (C=S) groups is 1. The Morgan fingerprint density at radius 2 is 2.11 bits per heavy atom. The van der Waals surface area contributed by atoms with E-state index >= 15 is 0 Å². The number of sulfonamides is 1. The molecule has 0 radical (unpaired) electrons. The van der Waals surface area contributed by atoms with E-state index in [-0.39, 0.29) is 15.9 Å². The molecule has 4 nitrogen and oxygen atoms in total. The number of hydrogen-bond acceptors (Lipinski definition) is 3. The third-order valence-corrected chi connectivity index (χ3v) is 4.70. The molecule has 0 aliphatic rings. The molecule has 100 valence electrons. The van der Waals surface area contributed by atoms with E-state index in [1.807, 2.05) is 13.8 Å². The molecule has 0 saturated carbocycles. The van der Waals surface area contributed by atoms with Crippen LogP contribution in [0.5, 0.6) is 0 Å². The van der Waals surface area contributed by atoms with Gasteiger partial charge in [0.2, 0.25) is 10.0 Å². The van der Waals surface area contributed by atoms with Crippen LogP contribution in [0.1, 0.15) is 31.4 Å². The average molecular weight is 286 g/mol. The molecule has 0 fully saturated rings. The van der Waals surface area contributed by atoms with Crippen LogP contribution in [0.15, 0.2) is 23.1 Å². The Kier molecular flexibility index (Phi) is 4.84. The van der Waals surface area contributed by atoms with Gasteiger partial charge < -0.3 is 5.73 Å². The number of benzene rings is 1. The minimum absolute atomic E-state index is 0.108. The maximum atomic E-state index is 12.2. The van der Waals surface area contributed by atoms with Crippen LogP contribution in [0.2, 0.25) is 0 Å². The van der Waals surface area contributed by atoms with Crippen molar-refractivity contribution in [3.8, 4) is 0 Å². The van der Waals surface area contributed by atoms with Crippen molar-refractivity contribution in [2.24, 2.45) is 5.73 Å². The fourth-order valence-electron chi connectivity index (χ4n) is 1.45. The summed E-state index contributed by atoms with van der Waals surface area (Å²) < 4.78 is 27.0. The summed E-state index contributed by atoms with van der Waals surface area (Å²) in [6.07, 6.45) is 0.729. The summed E-state index contributed by atoms with van der Waals surface area (Å²) in [5.41, 5.74) is 6.75. The molecule has 1 rings (SSSR count). The number of aryl methyl sites for hydroxylation is 1. The summed E-state index contributed by atoms with van der Waals surface area (Å²) >= 11 is 4.86. The van der Waals surface area contributed by atoms with Crippen molar-refractivity contribution < 1.29 is 8.42 Å². The number of hydrogen-bond donors (Lipinski definition) is 2. The quantitative estimate of drug-likeness (QED) is 0.808. The van der Waals surface area contributed by atoms with Gasteiger partial charge >= 0.3 is 0 Å². The van der Waals surface area contributed by atoms with E-state index in [0.29, 0.717) is 11.1 Å². The molecule has 18 heavy (non-hydrogen) atoms. The topological polar surface area (TPSA) is 72.2 Å². The highest BCUT2D eigenvalue weighted by Gasteiger charge is 2.19.